The van der Waals surface area contributed by atoms with Crippen molar-refractivity contribution in [3.63, 3.8) is 0 Å². The van der Waals surface area contributed by atoms with Gasteiger partial charge < -0.3 is 9.88 Å². The van der Waals surface area contributed by atoms with Crippen molar-refractivity contribution in [1.82, 2.24) is 4.57 Å². The van der Waals surface area contributed by atoms with Crippen LogP contribution in [0, 0.1) is 5.82 Å². The molecular weight excluding hydrogens is 419 g/mol. The standard InChI is InChI=1S/C22H20FN3O.H3NO2S/c1-13-18-11-21(27)26(3)12-20(18)19-10-16(24-2)8-9-17(19)22(25-13)14-4-6-15(23)7-5-14;1-4(2)3/h4-13,24H,1-3H3;4H,(H2,1,2,3)/t13-;/m0./s1. The minimum absolute atomic E-state index is 0.0626. The van der Waals surface area contributed by atoms with E-state index < -0.39 is 10.9 Å². The molecule has 9 heteroatoms. The van der Waals surface area contributed by atoms with E-state index in [9.17, 15) is 9.18 Å². The fourth-order valence-electron chi connectivity index (χ4n) is 3.51. The van der Waals surface area contributed by atoms with Crippen molar-refractivity contribution in [3.8, 4) is 11.1 Å². The number of hydrogen-bond donors (Lipinski definition) is 3. The van der Waals surface area contributed by atoms with Gasteiger partial charge in [-0.3, -0.25) is 9.79 Å². The molecule has 0 fully saturated rings. The predicted octanol–water partition coefficient (Wildman–Crippen LogP) is 2.62. The van der Waals surface area contributed by atoms with Crippen LogP contribution in [0.1, 0.15) is 29.7 Å². The van der Waals surface area contributed by atoms with Crippen molar-refractivity contribution in [3.05, 3.63) is 87.6 Å². The summed E-state index contributed by atoms with van der Waals surface area (Å²) in [7, 11) is 1.00. The number of halogens is 1. The van der Waals surface area contributed by atoms with Crippen LogP contribution in [-0.2, 0) is 17.9 Å². The third kappa shape index (κ3) is 4.89. The van der Waals surface area contributed by atoms with Gasteiger partial charge in [0.25, 0.3) is 5.56 Å². The zero-order chi connectivity index (χ0) is 22.7. The number of nitrogens with one attached hydrogen (secondary N) is 1. The first-order valence-corrected chi connectivity index (χ1v) is 10.7. The summed E-state index contributed by atoms with van der Waals surface area (Å²) in [6.07, 6.45) is 1.87. The number of benzene rings is 2. The Morgan fingerprint density at radius 1 is 1.06 bits per heavy atom. The summed E-state index contributed by atoms with van der Waals surface area (Å²) in [5, 5.41) is 7.23. The minimum atomic E-state index is -2.62. The maximum absolute atomic E-state index is 13.4. The summed E-state index contributed by atoms with van der Waals surface area (Å²) in [6.45, 7) is 1.98. The number of thiol groups is 1. The molecular formula is C22H23FN4O3S. The molecule has 2 heterocycles. The van der Waals surface area contributed by atoms with Gasteiger partial charge in [0.2, 0.25) is 0 Å². The highest BCUT2D eigenvalue weighted by molar-refractivity contribution is 7.69. The quantitative estimate of drug-likeness (QED) is 0.531. The van der Waals surface area contributed by atoms with E-state index in [0.717, 1.165) is 39.2 Å². The number of pyridine rings is 1. The summed E-state index contributed by atoms with van der Waals surface area (Å²) in [5.41, 5.74) is 6.40. The van der Waals surface area contributed by atoms with E-state index in [1.54, 1.807) is 29.8 Å². The summed E-state index contributed by atoms with van der Waals surface area (Å²) >= 11 is 0. The molecule has 2 aromatic carbocycles. The number of rotatable bonds is 2. The van der Waals surface area contributed by atoms with Crippen LogP contribution in [0.5, 0.6) is 0 Å². The molecule has 7 nitrogen and oxygen atoms in total. The van der Waals surface area contributed by atoms with Gasteiger partial charge in [0.05, 0.1) is 11.8 Å². The normalized spacial score (nSPS) is 14.5. The first-order chi connectivity index (χ1) is 14.7. The molecule has 162 valence electrons. The molecule has 31 heavy (non-hydrogen) atoms. The van der Waals surface area contributed by atoms with Crippen LogP contribution in [0.2, 0.25) is 0 Å². The zero-order valence-electron chi connectivity index (χ0n) is 17.3. The highest BCUT2D eigenvalue weighted by Gasteiger charge is 2.24. The largest absolute Gasteiger partial charge is 0.388 e. The van der Waals surface area contributed by atoms with Crippen molar-refractivity contribution < 1.29 is 12.8 Å². The summed E-state index contributed by atoms with van der Waals surface area (Å²) < 4.78 is 32.6. The average molecular weight is 443 g/mol. The molecule has 0 radical (unpaired) electrons. The van der Waals surface area contributed by atoms with Crippen LogP contribution in [0.4, 0.5) is 10.1 Å². The Morgan fingerprint density at radius 3 is 2.32 bits per heavy atom. The molecule has 0 bridgehead atoms. The number of fused-ring (bicyclic) bond motifs is 3. The molecule has 1 atom stereocenters. The minimum Gasteiger partial charge on any atom is -0.388 e. The van der Waals surface area contributed by atoms with E-state index in [0.29, 0.717) is 0 Å². The van der Waals surface area contributed by atoms with Gasteiger partial charge in [0.1, 0.15) is 5.82 Å². The molecule has 0 spiro atoms. The van der Waals surface area contributed by atoms with Crippen molar-refractivity contribution in [1.29, 1.82) is 0 Å². The molecule has 0 unspecified atom stereocenters. The second-order valence-corrected chi connectivity index (χ2v) is 7.62. The van der Waals surface area contributed by atoms with Crippen LogP contribution in [-0.4, -0.2) is 25.7 Å². The Bertz CT molecular complexity index is 1270. The maximum Gasteiger partial charge on any atom is 0.250 e. The fraction of sp³-hybridized carbons (Fsp3) is 0.182. The van der Waals surface area contributed by atoms with Crippen LogP contribution in [0.3, 0.4) is 0 Å². The Morgan fingerprint density at radius 2 is 1.71 bits per heavy atom. The lowest BCUT2D eigenvalue weighted by molar-refractivity contribution is 0.616. The number of aryl methyl sites for hydroxylation is 1. The summed E-state index contributed by atoms with van der Waals surface area (Å²) in [5.74, 6) is -0.280. The van der Waals surface area contributed by atoms with Crippen molar-refractivity contribution in [2.45, 2.75) is 13.0 Å². The highest BCUT2D eigenvalue weighted by Crippen LogP contribution is 2.37. The van der Waals surface area contributed by atoms with E-state index in [1.807, 2.05) is 32.3 Å². The Balaban J connectivity index is 0.000000628. The summed E-state index contributed by atoms with van der Waals surface area (Å²) in [6, 6.07) is 13.9. The predicted molar refractivity (Wildman–Crippen MR) is 122 cm³/mol. The van der Waals surface area contributed by atoms with Gasteiger partial charge in [0.15, 0.2) is 10.9 Å². The Kier molecular flexibility index (Phi) is 6.67. The first kappa shape index (κ1) is 22.4. The van der Waals surface area contributed by atoms with E-state index in [2.05, 4.69) is 16.5 Å². The molecule has 0 aliphatic carbocycles. The topological polar surface area (TPSA) is 107 Å². The van der Waals surface area contributed by atoms with Crippen LogP contribution in [0.15, 0.2) is 64.5 Å². The second-order valence-electron chi connectivity index (χ2n) is 7.05. The van der Waals surface area contributed by atoms with E-state index in [4.69, 9.17) is 13.4 Å². The number of hydrogen-bond acceptors (Lipinski definition) is 5. The van der Waals surface area contributed by atoms with Crippen molar-refractivity contribution >= 4 is 22.3 Å². The second kappa shape index (κ2) is 9.23. The van der Waals surface area contributed by atoms with Gasteiger partial charge in [-0.25, -0.2) is 17.9 Å². The van der Waals surface area contributed by atoms with Crippen molar-refractivity contribution in [2.75, 3.05) is 12.4 Å². The van der Waals surface area contributed by atoms with Gasteiger partial charge in [-0.05, 0) is 54.4 Å². The lowest BCUT2D eigenvalue weighted by Crippen LogP contribution is -2.17. The molecule has 1 aliphatic rings. The van der Waals surface area contributed by atoms with Gasteiger partial charge in [0, 0.05) is 48.7 Å². The van der Waals surface area contributed by atoms with Crippen LogP contribution in [0.25, 0.3) is 11.1 Å². The molecule has 0 saturated heterocycles. The highest BCUT2D eigenvalue weighted by atomic mass is 32.2. The van der Waals surface area contributed by atoms with Gasteiger partial charge in [-0.2, -0.15) is 0 Å². The lowest BCUT2D eigenvalue weighted by atomic mass is 9.92. The van der Waals surface area contributed by atoms with Gasteiger partial charge >= 0.3 is 0 Å². The number of aliphatic imine (C=N–C) groups is 1. The van der Waals surface area contributed by atoms with Crippen LogP contribution < -0.4 is 16.0 Å². The third-order valence-electron chi connectivity index (χ3n) is 5.00. The number of aromatic nitrogens is 1. The Labute approximate surface area is 181 Å². The zero-order valence-corrected chi connectivity index (χ0v) is 18.2. The Hall–Kier alpha value is -3.30. The number of nitrogens with two attached hydrogens (primary N) is 1. The van der Waals surface area contributed by atoms with Crippen molar-refractivity contribution in [2.24, 2.45) is 17.2 Å². The van der Waals surface area contributed by atoms with Gasteiger partial charge in [-0.1, -0.05) is 6.07 Å². The molecule has 3 aromatic rings. The van der Waals surface area contributed by atoms with Crippen LogP contribution >= 0.6 is 0 Å². The first-order valence-electron chi connectivity index (χ1n) is 9.47. The van der Waals surface area contributed by atoms with E-state index >= 15 is 0 Å². The molecule has 4 rings (SSSR count). The fourth-order valence-corrected chi connectivity index (χ4v) is 3.51. The molecule has 0 saturated carbocycles. The van der Waals surface area contributed by atoms with E-state index in [-0.39, 0.29) is 17.4 Å². The number of anilines is 1. The molecule has 3 N–H and O–H groups in total. The lowest BCUT2D eigenvalue weighted by Gasteiger charge is -2.14. The SMILES string of the molecule is CNc1ccc2c(c1)-c1cn(C)c(=O)cc1[C@H](C)N=C2c1ccc(F)cc1.N[SH](=O)=O. The van der Waals surface area contributed by atoms with Gasteiger partial charge in [-0.15, -0.1) is 0 Å². The average Bonchev–Trinajstić information content (AvgIpc) is 2.84. The van der Waals surface area contributed by atoms with E-state index in [1.165, 1.54) is 12.1 Å². The molecule has 0 amide bonds. The number of nitrogens with zero attached hydrogens (tertiary/aromatic N) is 2. The maximum atomic E-state index is 13.4. The summed E-state index contributed by atoms with van der Waals surface area (Å²) in [4.78, 5) is 17.1. The molecule has 1 aliphatic heterocycles. The third-order valence-corrected chi connectivity index (χ3v) is 5.00. The smallest absolute Gasteiger partial charge is 0.250 e. The molecule has 1 aromatic heterocycles. The monoisotopic (exact) mass is 442 g/mol.